The van der Waals surface area contributed by atoms with Gasteiger partial charge in [0.1, 0.15) is 5.82 Å². The SMILES string of the molecule is CCC(C)N(C)CCNc1nc2ccc(F)cn2n1. The van der Waals surface area contributed by atoms with Gasteiger partial charge in [-0.2, -0.15) is 4.98 Å². The maximum absolute atomic E-state index is 13.0. The molecular formula is C13H20FN5. The second-order valence-electron chi connectivity index (χ2n) is 4.75. The summed E-state index contributed by atoms with van der Waals surface area (Å²) >= 11 is 0. The Morgan fingerprint density at radius 3 is 3.00 bits per heavy atom. The lowest BCUT2D eigenvalue weighted by atomic mass is 10.2. The monoisotopic (exact) mass is 265 g/mol. The highest BCUT2D eigenvalue weighted by atomic mass is 19.1. The molecule has 0 fully saturated rings. The zero-order valence-corrected chi connectivity index (χ0v) is 11.6. The van der Waals surface area contributed by atoms with E-state index in [1.165, 1.54) is 16.8 Å². The number of pyridine rings is 1. The molecule has 0 aliphatic heterocycles. The fourth-order valence-corrected chi connectivity index (χ4v) is 1.81. The van der Waals surface area contributed by atoms with Gasteiger partial charge in [0.05, 0.1) is 6.20 Å². The zero-order chi connectivity index (χ0) is 13.8. The number of rotatable bonds is 6. The Hall–Kier alpha value is -1.69. The van der Waals surface area contributed by atoms with Crippen LogP contribution in [0.15, 0.2) is 18.3 Å². The third kappa shape index (κ3) is 3.41. The highest BCUT2D eigenvalue weighted by Crippen LogP contribution is 2.06. The molecule has 0 radical (unpaired) electrons. The number of aromatic nitrogens is 3. The van der Waals surface area contributed by atoms with Crippen LogP contribution in [0.1, 0.15) is 20.3 Å². The normalized spacial score (nSPS) is 13.1. The molecule has 0 aromatic carbocycles. The van der Waals surface area contributed by atoms with Crippen LogP contribution in [-0.4, -0.2) is 45.7 Å². The van der Waals surface area contributed by atoms with Crippen LogP contribution in [0.25, 0.3) is 5.65 Å². The molecule has 19 heavy (non-hydrogen) atoms. The molecule has 6 heteroatoms. The quantitative estimate of drug-likeness (QED) is 0.868. The van der Waals surface area contributed by atoms with Crippen molar-refractivity contribution >= 4 is 11.6 Å². The van der Waals surface area contributed by atoms with Crippen LogP contribution in [0.4, 0.5) is 10.3 Å². The first kappa shape index (κ1) is 13.7. The third-order valence-electron chi connectivity index (χ3n) is 3.39. The first-order valence-electron chi connectivity index (χ1n) is 6.56. The predicted molar refractivity (Wildman–Crippen MR) is 73.8 cm³/mol. The Morgan fingerprint density at radius 1 is 1.47 bits per heavy atom. The summed E-state index contributed by atoms with van der Waals surface area (Å²) in [5.41, 5.74) is 0.638. The highest BCUT2D eigenvalue weighted by molar-refractivity contribution is 5.42. The standard InChI is InChI=1S/C13H20FN5/c1-4-10(2)18(3)8-7-15-13-16-12-6-5-11(14)9-19(12)17-13/h5-6,9-10H,4,7-8H2,1-3H3,(H,15,17). The van der Waals surface area contributed by atoms with Gasteiger partial charge in [-0.05, 0) is 32.5 Å². The number of fused-ring (bicyclic) bond motifs is 1. The second-order valence-corrected chi connectivity index (χ2v) is 4.75. The minimum absolute atomic E-state index is 0.319. The first-order chi connectivity index (χ1) is 9.10. The zero-order valence-electron chi connectivity index (χ0n) is 11.6. The molecule has 0 aliphatic carbocycles. The second kappa shape index (κ2) is 5.97. The molecule has 1 unspecified atom stereocenters. The fourth-order valence-electron chi connectivity index (χ4n) is 1.81. The van der Waals surface area contributed by atoms with Crippen LogP contribution in [-0.2, 0) is 0 Å². The molecule has 2 rings (SSSR count). The molecule has 104 valence electrons. The van der Waals surface area contributed by atoms with Crippen LogP contribution in [0.2, 0.25) is 0 Å². The van der Waals surface area contributed by atoms with Crippen molar-refractivity contribution < 1.29 is 4.39 Å². The number of nitrogens with zero attached hydrogens (tertiary/aromatic N) is 4. The van der Waals surface area contributed by atoms with Gasteiger partial charge in [-0.15, -0.1) is 5.10 Å². The van der Waals surface area contributed by atoms with Gasteiger partial charge in [0.25, 0.3) is 0 Å². The largest absolute Gasteiger partial charge is 0.352 e. The minimum atomic E-state index is -0.319. The van der Waals surface area contributed by atoms with E-state index in [1.54, 1.807) is 6.07 Å². The van der Waals surface area contributed by atoms with Gasteiger partial charge in [-0.3, -0.25) is 0 Å². The van der Waals surface area contributed by atoms with Crippen molar-refractivity contribution in [3.05, 3.63) is 24.1 Å². The average molecular weight is 265 g/mol. The summed E-state index contributed by atoms with van der Waals surface area (Å²) in [4.78, 5) is 6.55. The Kier molecular flexibility index (Phi) is 4.31. The van der Waals surface area contributed by atoms with Gasteiger partial charge in [0.2, 0.25) is 5.95 Å². The third-order valence-corrected chi connectivity index (χ3v) is 3.39. The number of halogens is 1. The minimum Gasteiger partial charge on any atom is -0.352 e. The van der Waals surface area contributed by atoms with Gasteiger partial charge >= 0.3 is 0 Å². The van der Waals surface area contributed by atoms with Crippen LogP contribution in [0.3, 0.4) is 0 Å². The summed E-state index contributed by atoms with van der Waals surface area (Å²) < 4.78 is 14.5. The summed E-state index contributed by atoms with van der Waals surface area (Å²) in [6, 6.07) is 3.55. The number of nitrogens with one attached hydrogen (secondary N) is 1. The Morgan fingerprint density at radius 2 is 2.26 bits per heavy atom. The lowest BCUT2D eigenvalue weighted by molar-refractivity contribution is 0.261. The van der Waals surface area contributed by atoms with Crippen LogP contribution >= 0.6 is 0 Å². The molecular weight excluding hydrogens is 245 g/mol. The van der Waals surface area contributed by atoms with E-state index in [9.17, 15) is 4.39 Å². The van der Waals surface area contributed by atoms with Gasteiger partial charge in [-0.1, -0.05) is 6.92 Å². The molecule has 2 aromatic rings. The van der Waals surface area contributed by atoms with E-state index < -0.39 is 0 Å². The molecule has 0 bridgehead atoms. The van der Waals surface area contributed by atoms with Crippen molar-refractivity contribution in [1.82, 2.24) is 19.5 Å². The lowest BCUT2D eigenvalue weighted by Gasteiger charge is -2.23. The maximum atomic E-state index is 13.0. The van der Waals surface area contributed by atoms with E-state index >= 15 is 0 Å². The molecule has 5 nitrogen and oxygen atoms in total. The van der Waals surface area contributed by atoms with E-state index in [2.05, 4.69) is 41.2 Å². The molecule has 1 N–H and O–H groups in total. The number of hydrogen-bond donors (Lipinski definition) is 1. The van der Waals surface area contributed by atoms with Crippen LogP contribution < -0.4 is 5.32 Å². The summed E-state index contributed by atoms with van der Waals surface area (Å²) in [5.74, 6) is 0.212. The maximum Gasteiger partial charge on any atom is 0.243 e. The molecule has 1 atom stereocenters. The summed E-state index contributed by atoms with van der Waals surface area (Å²) in [6.45, 7) is 6.05. The average Bonchev–Trinajstić information content (AvgIpc) is 2.79. The lowest BCUT2D eigenvalue weighted by Crippen LogP contribution is -2.32. The Bertz CT molecular complexity index is 539. The van der Waals surface area contributed by atoms with Gasteiger partial charge < -0.3 is 10.2 Å². The smallest absolute Gasteiger partial charge is 0.243 e. The van der Waals surface area contributed by atoms with Crippen molar-refractivity contribution in [1.29, 1.82) is 0 Å². The molecule has 2 heterocycles. The summed E-state index contributed by atoms with van der Waals surface area (Å²) in [6.07, 6.45) is 2.45. The van der Waals surface area contributed by atoms with Gasteiger partial charge in [0.15, 0.2) is 5.65 Å². The molecule has 0 spiro atoms. The first-order valence-corrected chi connectivity index (χ1v) is 6.56. The van der Waals surface area contributed by atoms with E-state index in [0.29, 0.717) is 17.6 Å². The highest BCUT2D eigenvalue weighted by Gasteiger charge is 2.07. The van der Waals surface area contributed by atoms with Crippen molar-refractivity contribution in [2.75, 3.05) is 25.5 Å². The molecule has 0 saturated heterocycles. The summed E-state index contributed by atoms with van der Waals surface area (Å²) in [5, 5.41) is 7.33. The van der Waals surface area contributed by atoms with E-state index in [-0.39, 0.29) is 5.82 Å². The molecule has 0 saturated carbocycles. The number of hydrogen-bond acceptors (Lipinski definition) is 4. The van der Waals surface area contributed by atoms with E-state index in [0.717, 1.165) is 19.5 Å². The van der Waals surface area contributed by atoms with Gasteiger partial charge in [-0.25, -0.2) is 8.91 Å². The van der Waals surface area contributed by atoms with Crippen LogP contribution in [0, 0.1) is 5.82 Å². The topological polar surface area (TPSA) is 45.5 Å². The molecule has 0 amide bonds. The molecule has 2 aromatic heterocycles. The van der Waals surface area contributed by atoms with Crippen LogP contribution in [0.5, 0.6) is 0 Å². The molecule has 0 aliphatic rings. The Balaban J connectivity index is 1.91. The summed E-state index contributed by atoms with van der Waals surface area (Å²) in [7, 11) is 2.10. The van der Waals surface area contributed by atoms with E-state index in [1.807, 2.05) is 0 Å². The number of likely N-dealkylation sites (N-methyl/N-ethyl adjacent to an activating group) is 1. The van der Waals surface area contributed by atoms with Crippen molar-refractivity contribution in [2.45, 2.75) is 26.3 Å². The van der Waals surface area contributed by atoms with Crippen molar-refractivity contribution in [2.24, 2.45) is 0 Å². The van der Waals surface area contributed by atoms with E-state index in [4.69, 9.17) is 0 Å². The van der Waals surface area contributed by atoms with Crippen molar-refractivity contribution in [3.63, 3.8) is 0 Å². The number of anilines is 1. The Labute approximate surface area is 112 Å². The van der Waals surface area contributed by atoms with Gasteiger partial charge in [0, 0.05) is 19.1 Å². The predicted octanol–water partition coefficient (Wildman–Crippen LogP) is 2.01. The van der Waals surface area contributed by atoms with Crippen molar-refractivity contribution in [3.8, 4) is 0 Å². The fraction of sp³-hybridized carbons (Fsp3) is 0.538.